The molecule has 0 aromatic carbocycles. The first-order valence-electron chi connectivity index (χ1n) is 8.71. The van der Waals surface area contributed by atoms with Crippen LogP contribution < -0.4 is 0 Å². The molecule has 0 saturated heterocycles. The number of carbonyl (C=O) groups is 1. The zero-order valence-corrected chi connectivity index (χ0v) is 15.0. The van der Waals surface area contributed by atoms with Gasteiger partial charge < -0.3 is 0 Å². The highest BCUT2D eigenvalue weighted by molar-refractivity contribution is 5.81. The van der Waals surface area contributed by atoms with Gasteiger partial charge in [-0.25, -0.2) is 0 Å². The minimum Gasteiger partial charge on any atom is -0.299 e. The van der Waals surface area contributed by atoms with Crippen LogP contribution in [-0.4, -0.2) is 5.78 Å². The van der Waals surface area contributed by atoms with E-state index in [4.69, 9.17) is 0 Å². The first kappa shape index (κ1) is 20.7. The fourth-order valence-corrected chi connectivity index (χ4v) is 2.76. The second kappa shape index (κ2) is 13.4. The molecule has 1 saturated carbocycles. The van der Waals surface area contributed by atoms with Crippen molar-refractivity contribution in [3.63, 3.8) is 0 Å². The SMILES string of the molecule is C=CC.CC#CCC(C/C=C/C(C)C)CC1CCCCC1=O. The van der Waals surface area contributed by atoms with Crippen LogP contribution in [0.5, 0.6) is 0 Å². The molecule has 124 valence electrons. The average Bonchev–Trinajstić information content (AvgIpc) is 2.47. The third-order valence-corrected chi connectivity index (χ3v) is 3.86. The molecule has 0 amide bonds. The molecule has 22 heavy (non-hydrogen) atoms. The molecule has 0 aliphatic heterocycles. The highest BCUT2D eigenvalue weighted by atomic mass is 16.1. The number of Topliss-reactive ketones (excluding diaryl/α,β-unsaturated/α-hetero) is 1. The van der Waals surface area contributed by atoms with Crippen molar-refractivity contribution in [2.45, 2.75) is 72.6 Å². The van der Waals surface area contributed by atoms with Gasteiger partial charge in [-0.2, -0.15) is 0 Å². The van der Waals surface area contributed by atoms with Crippen molar-refractivity contribution in [1.82, 2.24) is 0 Å². The average molecular weight is 303 g/mol. The third-order valence-electron chi connectivity index (χ3n) is 3.86. The molecule has 1 aliphatic rings. The summed E-state index contributed by atoms with van der Waals surface area (Å²) in [5.74, 6) is 8.14. The van der Waals surface area contributed by atoms with E-state index in [1.807, 2.05) is 13.8 Å². The van der Waals surface area contributed by atoms with Crippen molar-refractivity contribution in [3.8, 4) is 11.8 Å². The molecule has 1 aliphatic carbocycles. The molecule has 1 fully saturated rings. The van der Waals surface area contributed by atoms with Crippen LogP contribution in [0, 0.1) is 29.6 Å². The van der Waals surface area contributed by atoms with Gasteiger partial charge in [-0.3, -0.25) is 4.79 Å². The van der Waals surface area contributed by atoms with Gasteiger partial charge in [-0.1, -0.05) is 38.5 Å². The van der Waals surface area contributed by atoms with Crippen molar-refractivity contribution in [3.05, 3.63) is 24.8 Å². The zero-order chi connectivity index (χ0) is 16.8. The van der Waals surface area contributed by atoms with E-state index in [0.29, 0.717) is 23.5 Å². The lowest BCUT2D eigenvalue weighted by molar-refractivity contribution is -0.125. The molecular weight excluding hydrogens is 268 g/mol. The van der Waals surface area contributed by atoms with Crippen LogP contribution in [0.3, 0.4) is 0 Å². The molecule has 2 atom stereocenters. The Kier molecular flexibility index (Phi) is 12.6. The molecule has 0 aromatic rings. The molecular formula is C21H34O. The van der Waals surface area contributed by atoms with Gasteiger partial charge in [0.1, 0.15) is 5.78 Å². The summed E-state index contributed by atoms with van der Waals surface area (Å²) in [7, 11) is 0. The van der Waals surface area contributed by atoms with Gasteiger partial charge in [-0.15, -0.1) is 18.4 Å². The maximum atomic E-state index is 11.9. The van der Waals surface area contributed by atoms with Gasteiger partial charge in [0.05, 0.1) is 0 Å². The zero-order valence-electron chi connectivity index (χ0n) is 15.0. The summed E-state index contributed by atoms with van der Waals surface area (Å²) in [5.41, 5.74) is 0. The van der Waals surface area contributed by atoms with E-state index in [-0.39, 0.29) is 0 Å². The van der Waals surface area contributed by atoms with Gasteiger partial charge in [0.2, 0.25) is 0 Å². The van der Waals surface area contributed by atoms with Gasteiger partial charge in [-0.05, 0) is 51.4 Å². The molecule has 0 radical (unpaired) electrons. The molecule has 1 heteroatoms. The summed E-state index contributed by atoms with van der Waals surface area (Å²) < 4.78 is 0. The number of allylic oxidation sites excluding steroid dienone is 3. The van der Waals surface area contributed by atoms with Gasteiger partial charge in [0.25, 0.3) is 0 Å². The largest absolute Gasteiger partial charge is 0.299 e. The molecule has 0 heterocycles. The second-order valence-corrected chi connectivity index (χ2v) is 6.46. The predicted octanol–water partition coefficient (Wildman–Crippen LogP) is 5.96. The summed E-state index contributed by atoms with van der Waals surface area (Å²) in [6.45, 7) is 11.5. The lowest BCUT2D eigenvalue weighted by Gasteiger charge is -2.24. The maximum Gasteiger partial charge on any atom is 0.135 e. The van der Waals surface area contributed by atoms with Gasteiger partial charge in [0, 0.05) is 18.8 Å². The van der Waals surface area contributed by atoms with E-state index in [9.17, 15) is 4.79 Å². The Morgan fingerprint density at radius 1 is 1.36 bits per heavy atom. The van der Waals surface area contributed by atoms with Crippen molar-refractivity contribution < 1.29 is 4.79 Å². The minimum absolute atomic E-state index is 0.310. The van der Waals surface area contributed by atoms with Gasteiger partial charge in [0.15, 0.2) is 0 Å². The molecule has 0 spiro atoms. The Morgan fingerprint density at radius 2 is 2.05 bits per heavy atom. The van der Waals surface area contributed by atoms with E-state index >= 15 is 0 Å². The Balaban J connectivity index is 0.00000135. The summed E-state index contributed by atoms with van der Waals surface area (Å²) >= 11 is 0. The molecule has 0 N–H and O–H groups in total. The number of rotatable bonds is 6. The smallest absolute Gasteiger partial charge is 0.135 e. The number of carbonyl (C=O) groups excluding carboxylic acids is 1. The van der Waals surface area contributed by atoms with Crippen LogP contribution in [0.15, 0.2) is 24.8 Å². The number of hydrogen-bond donors (Lipinski definition) is 0. The molecule has 0 aromatic heterocycles. The Bertz CT molecular complexity index is 392. The van der Waals surface area contributed by atoms with E-state index < -0.39 is 0 Å². The molecule has 1 nitrogen and oxygen atoms in total. The van der Waals surface area contributed by atoms with Crippen LogP contribution in [-0.2, 0) is 4.79 Å². The van der Waals surface area contributed by atoms with Crippen molar-refractivity contribution >= 4 is 5.78 Å². The highest BCUT2D eigenvalue weighted by Crippen LogP contribution is 2.29. The lowest BCUT2D eigenvalue weighted by atomic mass is 9.80. The number of hydrogen-bond acceptors (Lipinski definition) is 1. The molecule has 2 unspecified atom stereocenters. The predicted molar refractivity (Wildman–Crippen MR) is 97.6 cm³/mol. The summed E-state index contributed by atoms with van der Waals surface area (Å²) in [5, 5.41) is 0. The minimum atomic E-state index is 0.310. The Hall–Kier alpha value is -1.29. The Morgan fingerprint density at radius 3 is 2.59 bits per heavy atom. The van der Waals surface area contributed by atoms with Crippen LogP contribution >= 0.6 is 0 Å². The van der Waals surface area contributed by atoms with E-state index in [1.165, 1.54) is 6.42 Å². The van der Waals surface area contributed by atoms with E-state index in [0.717, 1.165) is 38.5 Å². The van der Waals surface area contributed by atoms with E-state index in [1.54, 1.807) is 6.08 Å². The fraction of sp³-hybridized carbons (Fsp3) is 0.667. The summed E-state index contributed by atoms with van der Waals surface area (Å²) in [6, 6.07) is 0. The first-order valence-corrected chi connectivity index (χ1v) is 8.71. The standard InChI is InChI=1S/C18H28O.C3H6/c1-4-5-10-16(11-8-9-15(2)3)14-17-12-6-7-13-18(17)19;1-3-2/h8-9,15-17H,6-7,10-14H2,1-3H3;3H,1H2,2H3/b9-8+;. The molecule has 0 bridgehead atoms. The monoisotopic (exact) mass is 302 g/mol. The van der Waals surface area contributed by atoms with Crippen LogP contribution in [0.2, 0.25) is 0 Å². The summed E-state index contributed by atoms with van der Waals surface area (Å²) in [4.78, 5) is 11.9. The Labute approximate surface area is 138 Å². The summed E-state index contributed by atoms with van der Waals surface area (Å²) in [6.07, 6.45) is 13.6. The third kappa shape index (κ3) is 10.4. The number of ketones is 1. The quantitative estimate of drug-likeness (QED) is 0.437. The van der Waals surface area contributed by atoms with Crippen LogP contribution in [0.1, 0.15) is 72.6 Å². The van der Waals surface area contributed by atoms with Gasteiger partial charge >= 0.3 is 0 Å². The van der Waals surface area contributed by atoms with Crippen molar-refractivity contribution in [2.24, 2.45) is 17.8 Å². The highest BCUT2D eigenvalue weighted by Gasteiger charge is 2.24. The second-order valence-electron chi connectivity index (χ2n) is 6.46. The van der Waals surface area contributed by atoms with Crippen molar-refractivity contribution in [2.75, 3.05) is 0 Å². The van der Waals surface area contributed by atoms with Crippen molar-refractivity contribution in [1.29, 1.82) is 0 Å². The van der Waals surface area contributed by atoms with Crippen LogP contribution in [0.4, 0.5) is 0 Å². The maximum absolute atomic E-state index is 11.9. The first-order chi connectivity index (χ1) is 10.5. The topological polar surface area (TPSA) is 17.1 Å². The fourth-order valence-electron chi connectivity index (χ4n) is 2.76. The lowest BCUT2D eigenvalue weighted by Crippen LogP contribution is -2.21. The van der Waals surface area contributed by atoms with Crippen LogP contribution in [0.25, 0.3) is 0 Å². The molecule has 1 rings (SSSR count). The normalized spacial score (nSPS) is 19.1. The van der Waals surface area contributed by atoms with E-state index in [2.05, 4.69) is 44.4 Å².